The number of thiophene rings is 1. The lowest BCUT2D eigenvalue weighted by atomic mass is 9.88. The third-order valence-corrected chi connectivity index (χ3v) is 6.54. The number of methoxy groups -OCH3 is 1. The van der Waals surface area contributed by atoms with Crippen molar-refractivity contribution >= 4 is 46.2 Å². The quantitative estimate of drug-likeness (QED) is 0.400. The van der Waals surface area contributed by atoms with Crippen LogP contribution in [-0.4, -0.2) is 61.2 Å². The zero-order valence-electron chi connectivity index (χ0n) is 17.8. The summed E-state index contributed by atoms with van der Waals surface area (Å²) in [7, 11) is 1.57. The molecule has 2 heterocycles. The van der Waals surface area contributed by atoms with Crippen molar-refractivity contribution in [3.8, 4) is 0 Å². The van der Waals surface area contributed by atoms with Crippen molar-refractivity contribution in [2.24, 2.45) is 5.92 Å². The van der Waals surface area contributed by atoms with Crippen LogP contribution in [0.25, 0.3) is 0 Å². The Kier molecular flexibility index (Phi) is 8.95. The van der Waals surface area contributed by atoms with Gasteiger partial charge < -0.3 is 25.6 Å². The fraction of sp³-hybridized carbons (Fsp3) is 0.409. The topological polar surface area (TPSA) is 82.7 Å². The summed E-state index contributed by atoms with van der Waals surface area (Å²) in [5.41, 5.74) is 0.720. The highest BCUT2D eigenvalue weighted by molar-refractivity contribution is 7.80. The van der Waals surface area contributed by atoms with Crippen molar-refractivity contribution in [3.05, 3.63) is 52.5 Å². The minimum atomic E-state index is -0.637. The lowest BCUT2D eigenvalue weighted by molar-refractivity contribution is -0.124. The fourth-order valence-corrected chi connectivity index (χ4v) is 4.50. The first-order valence-corrected chi connectivity index (χ1v) is 11.7. The predicted octanol–water partition coefficient (Wildman–Crippen LogP) is 2.86. The molecule has 1 saturated heterocycles. The lowest BCUT2D eigenvalue weighted by Gasteiger charge is -2.37. The van der Waals surface area contributed by atoms with Crippen molar-refractivity contribution in [1.82, 2.24) is 15.5 Å². The van der Waals surface area contributed by atoms with E-state index in [0.717, 1.165) is 5.69 Å². The minimum absolute atomic E-state index is 0.0219. The number of likely N-dealkylation sites (tertiary alicyclic amines) is 1. The molecule has 1 atom stereocenters. The van der Waals surface area contributed by atoms with Crippen molar-refractivity contribution in [2.45, 2.75) is 18.9 Å². The first-order chi connectivity index (χ1) is 15.5. The number of benzene rings is 1. The minimum Gasteiger partial charge on any atom is -0.383 e. The van der Waals surface area contributed by atoms with Crippen LogP contribution in [0.2, 0.25) is 0 Å². The molecule has 1 fully saturated rings. The Morgan fingerprint density at radius 3 is 2.59 bits per heavy atom. The van der Waals surface area contributed by atoms with Crippen LogP contribution >= 0.6 is 23.6 Å². The van der Waals surface area contributed by atoms with E-state index in [-0.39, 0.29) is 23.5 Å². The second-order valence-electron chi connectivity index (χ2n) is 7.47. The van der Waals surface area contributed by atoms with Gasteiger partial charge in [-0.3, -0.25) is 9.59 Å². The van der Waals surface area contributed by atoms with Crippen LogP contribution in [0.15, 0.2) is 41.8 Å². The van der Waals surface area contributed by atoms with Crippen molar-refractivity contribution < 1.29 is 18.7 Å². The molecule has 172 valence electrons. The fourth-order valence-electron chi connectivity index (χ4n) is 3.58. The summed E-state index contributed by atoms with van der Waals surface area (Å²) in [6.45, 7) is 2.08. The molecule has 32 heavy (non-hydrogen) atoms. The number of halogens is 1. The summed E-state index contributed by atoms with van der Waals surface area (Å²) in [6.07, 6.45) is 1.39. The van der Waals surface area contributed by atoms with E-state index in [9.17, 15) is 14.0 Å². The van der Waals surface area contributed by atoms with Crippen LogP contribution in [0, 0.1) is 11.7 Å². The van der Waals surface area contributed by atoms with Crippen LogP contribution in [0.3, 0.4) is 0 Å². The maximum absolute atomic E-state index is 13.1. The van der Waals surface area contributed by atoms with E-state index in [2.05, 4.69) is 16.0 Å². The van der Waals surface area contributed by atoms with Crippen molar-refractivity contribution in [3.63, 3.8) is 0 Å². The van der Waals surface area contributed by atoms with Gasteiger partial charge in [0.05, 0.1) is 11.5 Å². The molecule has 7 nitrogen and oxygen atoms in total. The molecule has 2 amide bonds. The van der Waals surface area contributed by atoms with E-state index < -0.39 is 6.04 Å². The van der Waals surface area contributed by atoms with Gasteiger partial charge in [-0.25, -0.2) is 4.39 Å². The number of thiocarbonyl (C=S) groups is 1. The molecule has 1 aromatic heterocycles. The summed E-state index contributed by atoms with van der Waals surface area (Å²) >= 11 is 6.84. The monoisotopic (exact) mass is 478 g/mol. The summed E-state index contributed by atoms with van der Waals surface area (Å²) < 4.78 is 18.1. The molecule has 0 saturated carbocycles. The number of anilines is 1. The standard InChI is InChI=1S/C22H27FN4O3S2/c1-30-13-10-24-21(29)19(26-20(28)18-3-2-14-32-18)15-8-11-27(12-9-15)22(31)25-17-6-4-16(23)5-7-17/h2-7,14-15,19H,8-13H2,1H3,(H,24,29)(H,25,31)(H,26,28). The summed E-state index contributed by atoms with van der Waals surface area (Å²) in [6, 6.07) is 8.93. The van der Waals surface area contributed by atoms with Crippen molar-refractivity contribution in [2.75, 3.05) is 38.7 Å². The predicted molar refractivity (Wildman–Crippen MR) is 127 cm³/mol. The summed E-state index contributed by atoms with van der Waals surface area (Å²) in [4.78, 5) is 28.1. The molecule has 0 bridgehead atoms. The Balaban J connectivity index is 1.59. The maximum atomic E-state index is 13.1. The van der Waals surface area contributed by atoms with Gasteiger partial charge in [0.25, 0.3) is 5.91 Å². The first-order valence-electron chi connectivity index (χ1n) is 10.4. The van der Waals surface area contributed by atoms with E-state index in [0.29, 0.717) is 49.1 Å². The van der Waals surface area contributed by atoms with Crippen LogP contribution in [0.5, 0.6) is 0 Å². The van der Waals surface area contributed by atoms with Gasteiger partial charge in [-0.2, -0.15) is 0 Å². The normalized spacial score (nSPS) is 15.1. The second kappa shape index (κ2) is 11.9. The molecule has 2 aromatic rings. The molecule has 10 heteroatoms. The molecule has 1 aliphatic heterocycles. The number of rotatable bonds is 8. The molecule has 1 aromatic carbocycles. The van der Waals surface area contributed by atoms with Crippen LogP contribution in [0.4, 0.5) is 10.1 Å². The van der Waals surface area contributed by atoms with Gasteiger partial charge in [0.1, 0.15) is 11.9 Å². The molecular weight excluding hydrogens is 451 g/mol. The average Bonchev–Trinajstić information content (AvgIpc) is 3.34. The Bertz CT molecular complexity index is 900. The highest BCUT2D eigenvalue weighted by atomic mass is 32.1. The van der Waals surface area contributed by atoms with Crippen LogP contribution < -0.4 is 16.0 Å². The van der Waals surface area contributed by atoms with Gasteiger partial charge in [-0.15, -0.1) is 11.3 Å². The number of amides is 2. The second-order valence-corrected chi connectivity index (χ2v) is 8.81. The van der Waals surface area contributed by atoms with Gasteiger partial charge in [-0.05, 0) is 66.7 Å². The van der Waals surface area contributed by atoms with Crippen molar-refractivity contribution in [1.29, 1.82) is 0 Å². The molecule has 3 rings (SSSR count). The highest BCUT2D eigenvalue weighted by Crippen LogP contribution is 2.23. The number of nitrogens with one attached hydrogen (secondary N) is 3. The third kappa shape index (κ3) is 6.72. The van der Waals surface area contributed by atoms with E-state index in [4.69, 9.17) is 17.0 Å². The van der Waals surface area contributed by atoms with Gasteiger partial charge in [0.15, 0.2) is 5.11 Å². The third-order valence-electron chi connectivity index (χ3n) is 5.31. The van der Waals surface area contributed by atoms with Gasteiger partial charge in [-0.1, -0.05) is 6.07 Å². The molecule has 3 N–H and O–H groups in total. The average molecular weight is 479 g/mol. The van der Waals surface area contributed by atoms with Gasteiger partial charge in [0.2, 0.25) is 5.91 Å². The summed E-state index contributed by atoms with van der Waals surface area (Å²) in [5, 5.41) is 11.3. The smallest absolute Gasteiger partial charge is 0.262 e. The van der Waals surface area contributed by atoms with Crippen LogP contribution in [0.1, 0.15) is 22.5 Å². The Morgan fingerprint density at radius 2 is 1.97 bits per heavy atom. The largest absolute Gasteiger partial charge is 0.383 e. The maximum Gasteiger partial charge on any atom is 0.262 e. The molecule has 1 aliphatic rings. The molecule has 1 unspecified atom stereocenters. The Morgan fingerprint density at radius 1 is 1.25 bits per heavy atom. The van der Waals surface area contributed by atoms with Gasteiger partial charge >= 0.3 is 0 Å². The van der Waals surface area contributed by atoms with Gasteiger partial charge in [0, 0.05) is 32.4 Å². The van der Waals surface area contributed by atoms with E-state index in [1.165, 1.54) is 23.5 Å². The zero-order valence-corrected chi connectivity index (χ0v) is 19.4. The lowest BCUT2D eigenvalue weighted by Crippen LogP contribution is -2.54. The van der Waals surface area contributed by atoms with Crippen LogP contribution in [-0.2, 0) is 9.53 Å². The molecule has 0 aliphatic carbocycles. The SMILES string of the molecule is COCCNC(=O)C(NC(=O)c1cccs1)C1CCN(C(=S)Nc2ccc(F)cc2)CC1. The number of hydrogen-bond donors (Lipinski definition) is 3. The van der Waals surface area contributed by atoms with E-state index in [1.807, 2.05) is 10.3 Å². The summed E-state index contributed by atoms with van der Waals surface area (Å²) in [5.74, 6) is -0.784. The number of carbonyl (C=O) groups is 2. The first kappa shape index (κ1) is 24.1. The number of nitrogens with zero attached hydrogens (tertiary/aromatic N) is 1. The zero-order chi connectivity index (χ0) is 22.9. The van der Waals surface area contributed by atoms with E-state index >= 15 is 0 Å². The highest BCUT2D eigenvalue weighted by Gasteiger charge is 2.33. The Hall–Kier alpha value is -2.56. The Labute approximate surface area is 196 Å². The molecule has 0 radical (unpaired) electrons. The number of ether oxygens (including phenoxy) is 1. The van der Waals surface area contributed by atoms with E-state index in [1.54, 1.807) is 31.4 Å². The number of piperidine rings is 1. The number of hydrogen-bond acceptors (Lipinski definition) is 5. The number of carbonyl (C=O) groups excluding carboxylic acids is 2. The molecular formula is C22H27FN4O3S2. The molecule has 0 spiro atoms.